The van der Waals surface area contributed by atoms with Crippen molar-refractivity contribution in [3.63, 3.8) is 0 Å². The zero-order valence-electron chi connectivity index (χ0n) is 8.63. The molecule has 0 aromatic carbocycles. The molecule has 1 aromatic heterocycles. The number of aromatic nitrogens is 2. The second-order valence-electron chi connectivity index (χ2n) is 4.10. The highest BCUT2D eigenvalue weighted by atomic mass is 35.5. The van der Waals surface area contributed by atoms with E-state index in [1.807, 2.05) is 6.92 Å². The third kappa shape index (κ3) is 2.38. The Morgan fingerprint density at radius 1 is 1.60 bits per heavy atom. The van der Waals surface area contributed by atoms with Crippen LogP contribution in [0.15, 0.2) is 6.20 Å². The van der Waals surface area contributed by atoms with Crippen molar-refractivity contribution in [2.24, 2.45) is 0 Å². The lowest BCUT2D eigenvalue weighted by atomic mass is 9.80. The quantitative estimate of drug-likeness (QED) is 0.773. The van der Waals surface area contributed by atoms with Crippen molar-refractivity contribution < 1.29 is 5.11 Å². The first-order valence-electron chi connectivity index (χ1n) is 5.04. The van der Waals surface area contributed by atoms with Crippen molar-refractivity contribution in [3.8, 4) is 0 Å². The molecule has 2 N–H and O–H groups in total. The van der Waals surface area contributed by atoms with Gasteiger partial charge >= 0.3 is 0 Å². The number of hydrogen-bond donors (Lipinski definition) is 2. The molecule has 0 aliphatic heterocycles. The van der Waals surface area contributed by atoms with Gasteiger partial charge in [0.05, 0.1) is 5.60 Å². The molecule has 82 valence electrons. The van der Waals surface area contributed by atoms with Gasteiger partial charge in [0, 0.05) is 18.3 Å². The Kier molecular flexibility index (Phi) is 2.80. The standard InChI is InChI=1S/C10H14ClN3O/c1-7-5-12-9(11)14-8(7)13-6-10(15)3-2-4-10/h5,15H,2-4,6H2,1H3,(H,12,13,14). The molecule has 0 radical (unpaired) electrons. The van der Waals surface area contributed by atoms with Crippen LogP contribution in [0.25, 0.3) is 0 Å². The Hall–Kier alpha value is -0.870. The molecule has 0 bridgehead atoms. The predicted octanol–water partition coefficient (Wildman–Crippen LogP) is 1.77. The maximum atomic E-state index is 9.89. The van der Waals surface area contributed by atoms with Crippen molar-refractivity contribution in [1.29, 1.82) is 0 Å². The highest BCUT2D eigenvalue weighted by Crippen LogP contribution is 2.31. The lowest BCUT2D eigenvalue weighted by molar-refractivity contribution is -0.0202. The van der Waals surface area contributed by atoms with Gasteiger partial charge in [0.2, 0.25) is 5.28 Å². The van der Waals surface area contributed by atoms with Gasteiger partial charge in [-0.15, -0.1) is 0 Å². The highest BCUT2D eigenvalue weighted by molar-refractivity contribution is 6.28. The van der Waals surface area contributed by atoms with Crippen LogP contribution in [-0.2, 0) is 0 Å². The van der Waals surface area contributed by atoms with Crippen LogP contribution < -0.4 is 5.32 Å². The minimum Gasteiger partial charge on any atom is -0.388 e. The van der Waals surface area contributed by atoms with Gasteiger partial charge in [0.15, 0.2) is 0 Å². The smallest absolute Gasteiger partial charge is 0.224 e. The summed E-state index contributed by atoms with van der Waals surface area (Å²) in [5.74, 6) is 0.704. The molecule has 1 aromatic rings. The van der Waals surface area contributed by atoms with Crippen molar-refractivity contribution >= 4 is 17.4 Å². The second-order valence-corrected chi connectivity index (χ2v) is 4.44. The summed E-state index contributed by atoms with van der Waals surface area (Å²) in [6.45, 7) is 2.44. The van der Waals surface area contributed by atoms with Gasteiger partial charge in [0.1, 0.15) is 5.82 Å². The average Bonchev–Trinajstić information content (AvgIpc) is 2.17. The normalized spacial score (nSPS) is 18.3. The van der Waals surface area contributed by atoms with Crippen LogP contribution in [0.2, 0.25) is 5.28 Å². The van der Waals surface area contributed by atoms with E-state index < -0.39 is 5.60 Å². The van der Waals surface area contributed by atoms with Gasteiger partial charge in [0.25, 0.3) is 0 Å². The molecule has 0 saturated heterocycles. The maximum Gasteiger partial charge on any atom is 0.224 e. The van der Waals surface area contributed by atoms with Gasteiger partial charge in [-0.3, -0.25) is 0 Å². The maximum absolute atomic E-state index is 9.89. The van der Waals surface area contributed by atoms with Gasteiger partial charge < -0.3 is 10.4 Å². The number of nitrogens with zero attached hydrogens (tertiary/aromatic N) is 2. The van der Waals surface area contributed by atoms with Crippen LogP contribution in [0.5, 0.6) is 0 Å². The van der Waals surface area contributed by atoms with Crippen molar-refractivity contribution in [1.82, 2.24) is 9.97 Å². The van der Waals surface area contributed by atoms with Crippen molar-refractivity contribution in [2.45, 2.75) is 31.8 Å². The van der Waals surface area contributed by atoms with Gasteiger partial charge in [-0.2, -0.15) is 0 Å². The van der Waals surface area contributed by atoms with Crippen LogP contribution in [0, 0.1) is 6.92 Å². The molecular weight excluding hydrogens is 214 g/mol. The first-order valence-corrected chi connectivity index (χ1v) is 5.42. The van der Waals surface area contributed by atoms with E-state index in [0.717, 1.165) is 24.8 Å². The van der Waals surface area contributed by atoms with Crippen LogP contribution in [0.3, 0.4) is 0 Å². The SMILES string of the molecule is Cc1cnc(Cl)nc1NCC1(O)CCC1. The first-order chi connectivity index (χ1) is 7.09. The van der Waals surface area contributed by atoms with E-state index >= 15 is 0 Å². The van der Waals surface area contributed by atoms with Gasteiger partial charge in [-0.1, -0.05) is 0 Å². The Labute approximate surface area is 93.7 Å². The largest absolute Gasteiger partial charge is 0.388 e. The van der Waals surface area contributed by atoms with Crippen LogP contribution >= 0.6 is 11.6 Å². The minimum atomic E-state index is -0.552. The fourth-order valence-electron chi connectivity index (χ4n) is 1.61. The number of aliphatic hydroxyl groups is 1. The Morgan fingerprint density at radius 3 is 2.93 bits per heavy atom. The Bertz CT molecular complexity index is 366. The molecular formula is C10H14ClN3O. The second kappa shape index (κ2) is 3.94. The fraction of sp³-hybridized carbons (Fsp3) is 0.600. The summed E-state index contributed by atoms with van der Waals surface area (Å²) >= 11 is 5.69. The monoisotopic (exact) mass is 227 g/mol. The van der Waals surface area contributed by atoms with E-state index in [9.17, 15) is 5.11 Å². The average molecular weight is 228 g/mol. The molecule has 0 atom stereocenters. The number of hydrogen-bond acceptors (Lipinski definition) is 4. The van der Waals surface area contributed by atoms with Gasteiger partial charge in [-0.25, -0.2) is 9.97 Å². The third-order valence-corrected chi connectivity index (χ3v) is 2.99. The molecule has 0 spiro atoms. The molecule has 1 fully saturated rings. The van der Waals surface area contributed by atoms with E-state index in [-0.39, 0.29) is 5.28 Å². The topological polar surface area (TPSA) is 58.0 Å². The van der Waals surface area contributed by atoms with Crippen molar-refractivity contribution in [3.05, 3.63) is 17.0 Å². The number of nitrogens with one attached hydrogen (secondary N) is 1. The van der Waals surface area contributed by atoms with Crippen LogP contribution in [-0.4, -0.2) is 27.2 Å². The molecule has 0 amide bonds. The zero-order valence-corrected chi connectivity index (χ0v) is 9.38. The highest BCUT2D eigenvalue weighted by Gasteiger charge is 2.34. The number of aryl methyl sites for hydroxylation is 1. The lowest BCUT2D eigenvalue weighted by Gasteiger charge is -2.36. The number of rotatable bonds is 3. The molecule has 4 nitrogen and oxygen atoms in total. The number of anilines is 1. The predicted molar refractivity (Wildman–Crippen MR) is 59.1 cm³/mol. The molecule has 2 rings (SSSR count). The van der Waals surface area contributed by atoms with Crippen molar-refractivity contribution in [2.75, 3.05) is 11.9 Å². The Balaban J connectivity index is 2.01. The van der Waals surface area contributed by atoms with E-state index in [1.54, 1.807) is 6.20 Å². The summed E-state index contributed by atoms with van der Waals surface area (Å²) in [4.78, 5) is 7.94. The summed E-state index contributed by atoms with van der Waals surface area (Å²) < 4.78 is 0. The minimum absolute atomic E-state index is 0.226. The van der Waals surface area contributed by atoms with E-state index in [2.05, 4.69) is 15.3 Å². The lowest BCUT2D eigenvalue weighted by Crippen LogP contribution is -2.43. The third-order valence-electron chi connectivity index (χ3n) is 2.81. The van der Waals surface area contributed by atoms with Gasteiger partial charge in [-0.05, 0) is 37.8 Å². The molecule has 15 heavy (non-hydrogen) atoms. The molecule has 5 heteroatoms. The molecule has 1 aliphatic rings. The summed E-state index contributed by atoms with van der Waals surface area (Å²) in [5.41, 5.74) is 0.381. The summed E-state index contributed by atoms with van der Waals surface area (Å²) in [7, 11) is 0. The van der Waals surface area contributed by atoms with E-state index in [4.69, 9.17) is 11.6 Å². The summed E-state index contributed by atoms with van der Waals surface area (Å²) in [5, 5.41) is 13.2. The molecule has 1 heterocycles. The Morgan fingerprint density at radius 2 is 2.33 bits per heavy atom. The first kappa shape index (κ1) is 10.6. The summed E-state index contributed by atoms with van der Waals surface area (Å²) in [6.07, 6.45) is 4.49. The van der Waals surface area contributed by atoms with E-state index in [1.165, 1.54) is 0 Å². The molecule has 1 aliphatic carbocycles. The van der Waals surface area contributed by atoms with Crippen LogP contribution in [0.4, 0.5) is 5.82 Å². The fourth-order valence-corrected chi connectivity index (χ4v) is 1.74. The summed E-state index contributed by atoms with van der Waals surface area (Å²) in [6, 6.07) is 0. The molecule has 0 unspecified atom stereocenters. The van der Waals surface area contributed by atoms with E-state index in [0.29, 0.717) is 12.4 Å². The zero-order chi connectivity index (χ0) is 10.9. The van der Waals surface area contributed by atoms with Crippen LogP contribution in [0.1, 0.15) is 24.8 Å². The molecule has 1 saturated carbocycles. The number of halogens is 1.